The molecule has 28 heavy (non-hydrogen) atoms. The van der Waals surface area contributed by atoms with Gasteiger partial charge in [0.1, 0.15) is 0 Å². The predicted molar refractivity (Wildman–Crippen MR) is 112 cm³/mol. The fourth-order valence-corrected chi connectivity index (χ4v) is 3.97. The van der Waals surface area contributed by atoms with E-state index in [1.165, 1.54) is 31.2 Å². The van der Waals surface area contributed by atoms with Crippen LogP contribution in [-0.4, -0.2) is 60.3 Å². The molecule has 2 saturated heterocycles. The topological polar surface area (TPSA) is 52.6 Å². The third-order valence-electron chi connectivity index (χ3n) is 5.76. The second-order valence-electron chi connectivity index (χ2n) is 7.80. The molecule has 0 unspecified atom stereocenters. The van der Waals surface area contributed by atoms with Crippen LogP contribution in [-0.2, 0) is 0 Å². The molecule has 148 valence electrons. The summed E-state index contributed by atoms with van der Waals surface area (Å²) in [6.07, 6.45) is 5.10. The maximum absolute atomic E-state index is 12.7. The fraction of sp³-hybridized carbons (Fsp3) is 0.500. The smallest absolute Gasteiger partial charge is 0.253 e. The van der Waals surface area contributed by atoms with Crippen molar-refractivity contribution in [3.05, 3.63) is 47.5 Å². The molecule has 0 radical (unpaired) electrons. The summed E-state index contributed by atoms with van der Waals surface area (Å²) in [5, 5.41) is 8.96. The van der Waals surface area contributed by atoms with Crippen LogP contribution < -0.4 is 9.80 Å². The Bertz CT molecular complexity index is 774. The molecule has 1 aromatic carbocycles. The van der Waals surface area contributed by atoms with E-state index in [9.17, 15) is 4.79 Å². The second-order valence-corrected chi connectivity index (χ2v) is 7.80. The van der Waals surface area contributed by atoms with Crippen LogP contribution >= 0.6 is 0 Å². The lowest BCUT2D eigenvalue weighted by molar-refractivity contribution is 0.0746. The predicted octanol–water partition coefficient (Wildman–Crippen LogP) is 3.13. The molecule has 3 heterocycles. The molecule has 0 aliphatic carbocycles. The molecule has 0 atom stereocenters. The Labute approximate surface area is 167 Å². The molecule has 0 N–H and O–H groups in total. The number of rotatable bonds is 3. The van der Waals surface area contributed by atoms with Crippen molar-refractivity contribution in [2.75, 3.05) is 49.1 Å². The van der Waals surface area contributed by atoms with Gasteiger partial charge in [0.15, 0.2) is 11.6 Å². The van der Waals surface area contributed by atoms with Crippen LogP contribution in [0.4, 0.5) is 11.6 Å². The molecule has 2 aliphatic heterocycles. The molecule has 1 aromatic heterocycles. The third-order valence-corrected chi connectivity index (χ3v) is 5.76. The molecule has 6 nitrogen and oxygen atoms in total. The first-order chi connectivity index (χ1) is 13.7. The molecular formula is C22H29N5O. The average Bonchev–Trinajstić information content (AvgIpc) is 3.04. The molecule has 2 fully saturated rings. The van der Waals surface area contributed by atoms with Gasteiger partial charge >= 0.3 is 0 Å². The molecule has 2 aromatic rings. The number of aryl methyl sites for hydroxylation is 1. The van der Waals surface area contributed by atoms with E-state index in [1.54, 1.807) is 0 Å². The van der Waals surface area contributed by atoms with Crippen molar-refractivity contribution in [2.24, 2.45) is 0 Å². The van der Waals surface area contributed by atoms with Crippen LogP contribution in [0, 0.1) is 6.92 Å². The third kappa shape index (κ3) is 4.26. The number of hydrogen-bond acceptors (Lipinski definition) is 5. The minimum Gasteiger partial charge on any atom is -0.355 e. The van der Waals surface area contributed by atoms with Crippen LogP contribution in [0.2, 0.25) is 0 Å². The van der Waals surface area contributed by atoms with Crippen LogP contribution in [0.3, 0.4) is 0 Å². The molecular weight excluding hydrogens is 350 g/mol. The summed E-state index contributed by atoms with van der Waals surface area (Å²) in [4.78, 5) is 19.2. The minimum absolute atomic E-state index is 0.113. The van der Waals surface area contributed by atoms with Crippen molar-refractivity contribution in [2.45, 2.75) is 32.6 Å². The summed E-state index contributed by atoms with van der Waals surface area (Å²) in [7, 11) is 0. The van der Waals surface area contributed by atoms with Gasteiger partial charge in [-0.1, -0.05) is 30.5 Å². The summed E-state index contributed by atoms with van der Waals surface area (Å²) in [6.45, 7) is 7.18. The first-order valence-corrected chi connectivity index (χ1v) is 10.4. The van der Waals surface area contributed by atoms with Gasteiger partial charge in [-0.2, -0.15) is 0 Å². The van der Waals surface area contributed by atoms with Gasteiger partial charge in [-0.3, -0.25) is 4.79 Å². The lowest BCUT2D eigenvalue weighted by atomic mass is 10.1. The summed E-state index contributed by atoms with van der Waals surface area (Å²) in [5.41, 5.74) is 1.93. The highest BCUT2D eigenvalue weighted by molar-refractivity contribution is 5.94. The largest absolute Gasteiger partial charge is 0.355 e. The van der Waals surface area contributed by atoms with Gasteiger partial charge in [0.25, 0.3) is 5.91 Å². The quantitative estimate of drug-likeness (QED) is 0.820. The number of piperazine rings is 1. The Balaban J connectivity index is 1.34. The first kappa shape index (κ1) is 18.7. The van der Waals surface area contributed by atoms with Gasteiger partial charge in [0, 0.05) is 44.8 Å². The summed E-state index contributed by atoms with van der Waals surface area (Å²) in [5.74, 6) is 2.00. The lowest BCUT2D eigenvalue weighted by Gasteiger charge is -2.35. The molecule has 0 bridgehead atoms. The molecule has 2 aliphatic rings. The van der Waals surface area contributed by atoms with E-state index in [0.717, 1.165) is 43.4 Å². The fourth-order valence-electron chi connectivity index (χ4n) is 3.97. The Hall–Kier alpha value is -2.63. The van der Waals surface area contributed by atoms with Crippen molar-refractivity contribution in [1.29, 1.82) is 0 Å². The molecule has 0 spiro atoms. The van der Waals surface area contributed by atoms with E-state index >= 15 is 0 Å². The zero-order valence-electron chi connectivity index (χ0n) is 16.7. The number of aromatic nitrogens is 2. The highest BCUT2D eigenvalue weighted by Crippen LogP contribution is 2.20. The van der Waals surface area contributed by atoms with Gasteiger partial charge in [-0.15, -0.1) is 10.2 Å². The number of benzene rings is 1. The number of anilines is 2. The van der Waals surface area contributed by atoms with Gasteiger partial charge in [-0.25, -0.2) is 0 Å². The van der Waals surface area contributed by atoms with Crippen molar-refractivity contribution >= 4 is 17.5 Å². The summed E-state index contributed by atoms with van der Waals surface area (Å²) >= 11 is 0. The SMILES string of the molecule is Cc1ccc(C(=O)N2CCN(c3ccc(N4CCCCCC4)nn3)CC2)cc1. The normalized spacial score (nSPS) is 18.1. The number of carbonyl (C=O) groups is 1. The molecule has 6 heteroatoms. The Morgan fingerprint density at radius 3 is 1.79 bits per heavy atom. The number of carbonyl (C=O) groups excluding carboxylic acids is 1. The summed E-state index contributed by atoms with van der Waals surface area (Å²) in [6, 6.07) is 12.0. The number of amides is 1. The lowest BCUT2D eigenvalue weighted by Crippen LogP contribution is -2.49. The molecule has 1 amide bonds. The molecule has 4 rings (SSSR count). The van der Waals surface area contributed by atoms with Gasteiger partial charge in [0.2, 0.25) is 0 Å². The number of hydrogen-bond donors (Lipinski definition) is 0. The van der Waals surface area contributed by atoms with Gasteiger partial charge < -0.3 is 14.7 Å². The van der Waals surface area contributed by atoms with Crippen LogP contribution in [0.5, 0.6) is 0 Å². The van der Waals surface area contributed by atoms with Crippen molar-refractivity contribution in [1.82, 2.24) is 15.1 Å². The highest BCUT2D eigenvalue weighted by atomic mass is 16.2. The monoisotopic (exact) mass is 379 g/mol. The minimum atomic E-state index is 0.113. The van der Waals surface area contributed by atoms with E-state index < -0.39 is 0 Å². The Morgan fingerprint density at radius 2 is 1.25 bits per heavy atom. The van der Waals surface area contributed by atoms with Crippen molar-refractivity contribution < 1.29 is 4.79 Å². The first-order valence-electron chi connectivity index (χ1n) is 10.4. The highest BCUT2D eigenvalue weighted by Gasteiger charge is 2.23. The molecule has 0 saturated carbocycles. The van der Waals surface area contributed by atoms with Crippen molar-refractivity contribution in [3.8, 4) is 0 Å². The standard InChI is InChI=1S/C22H29N5O/c1-18-6-8-19(9-7-18)22(28)27-16-14-26(15-17-27)21-11-10-20(23-24-21)25-12-4-2-3-5-13-25/h6-11H,2-5,12-17H2,1H3. The van der Waals surface area contributed by atoms with E-state index in [-0.39, 0.29) is 5.91 Å². The zero-order valence-corrected chi connectivity index (χ0v) is 16.7. The van der Waals surface area contributed by atoms with Crippen molar-refractivity contribution in [3.63, 3.8) is 0 Å². The van der Waals surface area contributed by atoms with E-state index in [4.69, 9.17) is 0 Å². The van der Waals surface area contributed by atoms with Crippen LogP contribution in [0.25, 0.3) is 0 Å². The Morgan fingerprint density at radius 1 is 0.714 bits per heavy atom. The van der Waals surface area contributed by atoms with E-state index in [2.05, 4.69) is 32.1 Å². The van der Waals surface area contributed by atoms with Gasteiger partial charge in [0.05, 0.1) is 0 Å². The van der Waals surface area contributed by atoms with Gasteiger partial charge in [-0.05, 0) is 44.0 Å². The maximum Gasteiger partial charge on any atom is 0.253 e. The van der Waals surface area contributed by atoms with Crippen LogP contribution in [0.1, 0.15) is 41.6 Å². The average molecular weight is 380 g/mol. The number of nitrogens with zero attached hydrogens (tertiary/aromatic N) is 5. The van der Waals surface area contributed by atoms with E-state index in [0.29, 0.717) is 13.1 Å². The van der Waals surface area contributed by atoms with Crippen LogP contribution in [0.15, 0.2) is 36.4 Å². The Kier molecular flexibility index (Phi) is 5.74. The summed E-state index contributed by atoms with van der Waals surface area (Å²) < 4.78 is 0. The second kappa shape index (κ2) is 8.59. The van der Waals surface area contributed by atoms with E-state index in [1.807, 2.05) is 36.1 Å². The maximum atomic E-state index is 12.7. The zero-order chi connectivity index (χ0) is 19.3.